The molecule has 0 aromatic rings. The zero-order valence-electron chi connectivity index (χ0n) is 9.10. The number of unbranched alkanes of at least 4 members (excludes halogenated alkanes) is 2. The van der Waals surface area contributed by atoms with Crippen molar-refractivity contribution in [1.29, 1.82) is 0 Å². The molecule has 0 saturated carbocycles. The Kier molecular flexibility index (Phi) is 9.63. The zero-order chi connectivity index (χ0) is 9.94. The predicted octanol–water partition coefficient (Wildman–Crippen LogP) is 4.58. The van der Waals surface area contributed by atoms with Crippen molar-refractivity contribution in [3.8, 4) is 0 Å². The minimum Gasteiger partial charge on any atom is -0.0885 e. The van der Waals surface area contributed by atoms with E-state index in [-0.39, 0.29) is 0 Å². The number of hydrogen-bond acceptors (Lipinski definition) is 0. The molecule has 0 N–H and O–H groups in total. The summed E-state index contributed by atoms with van der Waals surface area (Å²) >= 11 is 0. The van der Waals surface area contributed by atoms with Crippen LogP contribution >= 0.6 is 0 Å². The minimum atomic E-state index is 0.918. The predicted molar refractivity (Wildman–Crippen MR) is 61.3 cm³/mol. The zero-order valence-corrected chi connectivity index (χ0v) is 9.10. The smallest absolute Gasteiger partial charge is 0.0316 e. The van der Waals surface area contributed by atoms with E-state index in [0.717, 1.165) is 12.3 Å². The largest absolute Gasteiger partial charge is 0.0885 e. The number of allylic oxidation sites excluding steroid dienone is 2. The van der Waals surface area contributed by atoms with Crippen LogP contribution in [0.1, 0.15) is 51.9 Å². The van der Waals surface area contributed by atoms with Crippen LogP contribution in [0.25, 0.3) is 0 Å². The molecule has 0 nitrogen and oxygen atoms in total. The average Bonchev–Trinajstić information content (AvgIpc) is 2.16. The van der Waals surface area contributed by atoms with E-state index in [1.54, 1.807) is 0 Å². The van der Waals surface area contributed by atoms with E-state index in [1.165, 1.54) is 38.5 Å². The molecule has 0 aliphatic heterocycles. The maximum absolute atomic E-state index is 3.91. The first-order valence-corrected chi connectivity index (χ1v) is 5.58. The molecule has 0 aromatic heterocycles. The molecule has 0 amide bonds. The molecule has 0 aliphatic carbocycles. The Morgan fingerprint density at radius 2 is 2.00 bits per heavy atom. The van der Waals surface area contributed by atoms with E-state index in [0.29, 0.717) is 0 Å². The molecule has 0 aliphatic rings. The van der Waals surface area contributed by atoms with Gasteiger partial charge in [0.05, 0.1) is 0 Å². The lowest BCUT2D eigenvalue weighted by molar-refractivity contribution is 0.421. The van der Waals surface area contributed by atoms with Crippen molar-refractivity contribution in [3.05, 3.63) is 26.0 Å². The monoisotopic (exact) mass is 180 g/mol. The van der Waals surface area contributed by atoms with Crippen LogP contribution in [0.15, 0.2) is 12.2 Å². The van der Waals surface area contributed by atoms with E-state index in [2.05, 4.69) is 26.8 Å². The van der Waals surface area contributed by atoms with Gasteiger partial charge in [-0.2, -0.15) is 0 Å². The van der Waals surface area contributed by atoms with E-state index >= 15 is 0 Å². The van der Waals surface area contributed by atoms with Gasteiger partial charge in [-0.15, -0.1) is 0 Å². The van der Waals surface area contributed by atoms with Crippen molar-refractivity contribution in [2.45, 2.75) is 51.9 Å². The molecular weight excluding hydrogens is 156 g/mol. The molecular formula is C13H24. The van der Waals surface area contributed by atoms with Crippen LogP contribution in [0.3, 0.4) is 0 Å². The Morgan fingerprint density at radius 3 is 2.54 bits per heavy atom. The second-order valence-electron chi connectivity index (χ2n) is 3.67. The normalized spacial score (nSPS) is 13.8. The van der Waals surface area contributed by atoms with Gasteiger partial charge in [-0.1, -0.05) is 58.1 Å². The van der Waals surface area contributed by atoms with Crippen molar-refractivity contribution in [2.24, 2.45) is 5.92 Å². The fraction of sp³-hybridized carbons (Fsp3) is 0.692. The Morgan fingerprint density at radius 1 is 1.23 bits per heavy atom. The van der Waals surface area contributed by atoms with Crippen molar-refractivity contribution in [2.75, 3.05) is 0 Å². The molecule has 0 heteroatoms. The van der Waals surface area contributed by atoms with Gasteiger partial charge in [-0.05, 0) is 25.7 Å². The van der Waals surface area contributed by atoms with Gasteiger partial charge >= 0.3 is 0 Å². The van der Waals surface area contributed by atoms with Gasteiger partial charge in [0.25, 0.3) is 0 Å². The molecule has 0 aromatic carbocycles. The second-order valence-corrected chi connectivity index (χ2v) is 3.67. The van der Waals surface area contributed by atoms with Crippen molar-refractivity contribution < 1.29 is 0 Å². The number of rotatable bonds is 8. The Hall–Kier alpha value is -0.260. The topological polar surface area (TPSA) is 0 Å². The molecule has 1 atom stereocenters. The Bertz CT molecular complexity index is 113. The lowest BCUT2D eigenvalue weighted by Gasteiger charge is -2.12. The molecule has 76 valence electrons. The summed E-state index contributed by atoms with van der Waals surface area (Å²) in [5.41, 5.74) is 0. The molecule has 0 saturated heterocycles. The van der Waals surface area contributed by atoms with Crippen molar-refractivity contribution in [3.63, 3.8) is 0 Å². The Balaban J connectivity index is 3.27. The molecule has 0 heterocycles. The van der Waals surface area contributed by atoms with E-state index in [1.807, 2.05) is 6.08 Å². The summed E-state index contributed by atoms with van der Waals surface area (Å²) in [5.74, 6) is 0.918. The first-order valence-electron chi connectivity index (χ1n) is 5.58. The van der Waals surface area contributed by atoms with Crippen molar-refractivity contribution in [1.82, 2.24) is 0 Å². The molecule has 0 spiro atoms. The van der Waals surface area contributed by atoms with Crippen LogP contribution in [0.4, 0.5) is 0 Å². The van der Waals surface area contributed by atoms with Gasteiger partial charge in [0, 0.05) is 0 Å². The van der Waals surface area contributed by atoms with Gasteiger partial charge in [-0.25, -0.2) is 0 Å². The third-order valence-corrected chi connectivity index (χ3v) is 2.59. The van der Waals surface area contributed by atoms with E-state index < -0.39 is 0 Å². The average molecular weight is 180 g/mol. The molecule has 1 unspecified atom stereocenters. The van der Waals surface area contributed by atoms with E-state index in [4.69, 9.17) is 0 Å². The quantitative estimate of drug-likeness (QED) is 0.480. The minimum absolute atomic E-state index is 0.918. The first-order chi connectivity index (χ1) is 6.35. The lowest BCUT2D eigenvalue weighted by Crippen LogP contribution is -1.97. The summed E-state index contributed by atoms with van der Waals surface area (Å²) in [6.45, 7) is 9.87. The second kappa shape index (κ2) is 9.83. The summed E-state index contributed by atoms with van der Waals surface area (Å²) in [6.07, 6.45) is 13.0. The standard InChI is InChI=1S/C13H24/c1-4-7-8-9-10-12-13(6-3)11-5-2/h4,7,13H,1-2,5-6,8-12H2,3H3. The highest BCUT2D eigenvalue weighted by atomic mass is 14.1. The maximum atomic E-state index is 3.91. The fourth-order valence-electron chi connectivity index (χ4n) is 1.65. The van der Waals surface area contributed by atoms with Crippen LogP contribution in [-0.2, 0) is 0 Å². The van der Waals surface area contributed by atoms with Gasteiger partial charge in [0.1, 0.15) is 0 Å². The van der Waals surface area contributed by atoms with Crippen LogP contribution in [0, 0.1) is 19.8 Å². The lowest BCUT2D eigenvalue weighted by atomic mass is 9.94. The van der Waals surface area contributed by atoms with Gasteiger partial charge in [0.2, 0.25) is 0 Å². The summed E-state index contributed by atoms with van der Waals surface area (Å²) in [4.78, 5) is 0. The summed E-state index contributed by atoms with van der Waals surface area (Å²) in [6, 6.07) is 0. The van der Waals surface area contributed by atoms with Crippen LogP contribution in [0.2, 0.25) is 0 Å². The first kappa shape index (κ1) is 12.7. The molecule has 0 bridgehead atoms. The highest BCUT2D eigenvalue weighted by Gasteiger charge is 2.03. The third-order valence-electron chi connectivity index (χ3n) is 2.59. The molecule has 0 fully saturated rings. The number of hydrogen-bond donors (Lipinski definition) is 0. The third kappa shape index (κ3) is 8.08. The molecule has 13 heavy (non-hydrogen) atoms. The summed E-state index contributed by atoms with van der Waals surface area (Å²) < 4.78 is 0. The summed E-state index contributed by atoms with van der Waals surface area (Å²) in [7, 11) is 0. The van der Waals surface area contributed by atoms with Crippen LogP contribution in [-0.4, -0.2) is 0 Å². The fourth-order valence-corrected chi connectivity index (χ4v) is 1.65. The highest BCUT2D eigenvalue weighted by molar-refractivity contribution is 4.83. The van der Waals surface area contributed by atoms with Gasteiger partial charge in [0.15, 0.2) is 0 Å². The van der Waals surface area contributed by atoms with E-state index in [9.17, 15) is 0 Å². The summed E-state index contributed by atoms with van der Waals surface area (Å²) in [5, 5.41) is 0. The highest BCUT2D eigenvalue weighted by Crippen LogP contribution is 2.18. The van der Waals surface area contributed by atoms with Crippen LogP contribution < -0.4 is 0 Å². The van der Waals surface area contributed by atoms with Gasteiger partial charge in [-0.3, -0.25) is 0 Å². The van der Waals surface area contributed by atoms with Gasteiger partial charge < -0.3 is 0 Å². The van der Waals surface area contributed by atoms with Crippen molar-refractivity contribution >= 4 is 0 Å². The Labute approximate surface area is 84.4 Å². The SMILES string of the molecule is [CH2]C=CCCCCC(CC)CC[CH2]. The molecule has 0 rings (SSSR count). The molecule has 2 radical (unpaired) electrons. The maximum Gasteiger partial charge on any atom is -0.0316 e. The van der Waals surface area contributed by atoms with Crippen LogP contribution in [0.5, 0.6) is 0 Å².